The summed E-state index contributed by atoms with van der Waals surface area (Å²) in [5.41, 5.74) is 0.349. The molecule has 1 amide bonds. The number of nitrogens with zero attached hydrogens (tertiary/aromatic N) is 2. The van der Waals surface area contributed by atoms with Crippen LogP contribution in [0, 0.1) is 17.5 Å². The molecule has 0 fully saturated rings. The molecule has 0 saturated carbocycles. The third-order valence-electron chi connectivity index (χ3n) is 3.96. The number of aliphatic imine (C=N–C) groups is 1. The molecule has 3 N–H and O–H groups in total. The molecular weight excluding hydrogens is 423 g/mol. The summed E-state index contributed by atoms with van der Waals surface area (Å²) >= 11 is 5.77. The fourth-order valence-corrected chi connectivity index (χ4v) is 2.68. The van der Waals surface area contributed by atoms with Crippen LogP contribution >= 0.6 is 11.6 Å². The quantitative estimate of drug-likeness (QED) is 0.309. The number of guanidine groups is 1. The van der Waals surface area contributed by atoms with Crippen molar-refractivity contribution in [1.29, 1.82) is 0 Å². The van der Waals surface area contributed by atoms with Gasteiger partial charge >= 0.3 is 0 Å². The zero-order valence-electron chi connectivity index (χ0n) is 15.7. The van der Waals surface area contributed by atoms with Crippen LogP contribution in [0.1, 0.15) is 17.3 Å². The molecule has 0 saturated heterocycles. The monoisotopic (exact) mass is 439 g/mol. The third kappa shape index (κ3) is 5.08. The van der Waals surface area contributed by atoms with Crippen LogP contribution < -0.4 is 10.6 Å². The predicted molar refractivity (Wildman–Crippen MR) is 107 cm³/mol. The minimum atomic E-state index is -1.16. The summed E-state index contributed by atoms with van der Waals surface area (Å²) in [5.74, 6) is -3.45. The summed E-state index contributed by atoms with van der Waals surface area (Å²) < 4.78 is 45.6. The lowest BCUT2D eigenvalue weighted by molar-refractivity contribution is 0.0976. The standard InChI is InChI=1S/C19H17ClF3N5O2/c1-2-30-6-5-24-19(26-18(29)10-3-4-13(21)15(23)7-10)25-17-11-8-14(22)12(20)9-16(11)27-28-17/h3-4,7-9H,2,5-6H2,1H3,(H3,24,25,26,27,28,29). The normalized spacial score (nSPS) is 11.7. The largest absolute Gasteiger partial charge is 0.380 e. The second kappa shape index (κ2) is 9.59. The van der Waals surface area contributed by atoms with E-state index in [1.807, 2.05) is 6.92 Å². The van der Waals surface area contributed by atoms with Gasteiger partial charge in [0.1, 0.15) is 5.82 Å². The van der Waals surface area contributed by atoms with E-state index in [0.29, 0.717) is 17.5 Å². The molecule has 1 heterocycles. The third-order valence-corrected chi connectivity index (χ3v) is 4.25. The SMILES string of the molecule is CCOCCN=C(NC(=O)c1ccc(F)c(F)c1)Nc1n[nH]c2cc(Cl)c(F)cc12. The zero-order chi connectivity index (χ0) is 21.7. The maximum absolute atomic E-state index is 13.8. The number of fused-ring (bicyclic) bond motifs is 1. The van der Waals surface area contributed by atoms with Gasteiger partial charge in [0.2, 0.25) is 5.96 Å². The van der Waals surface area contributed by atoms with Gasteiger partial charge in [0.25, 0.3) is 5.91 Å². The van der Waals surface area contributed by atoms with E-state index in [1.165, 1.54) is 12.1 Å². The summed E-state index contributed by atoms with van der Waals surface area (Å²) in [6.07, 6.45) is 0. The molecule has 11 heteroatoms. The van der Waals surface area contributed by atoms with Crippen molar-refractivity contribution in [2.45, 2.75) is 6.92 Å². The van der Waals surface area contributed by atoms with E-state index in [-0.39, 0.29) is 35.5 Å². The highest BCUT2D eigenvalue weighted by Gasteiger charge is 2.15. The van der Waals surface area contributed by atoms with Gasteiger partial charge in [-0.1, -0.05) is 11.6 Å². The van der Waals surface area contributed by atoms with Gasteiger partial charge in [0.05, 0.1) is 23.7 Å². The Balaban J connectivity index is 1.84. The van der Waals surface area contributed by atoms with Gasteiger partial charge in [-0.25, -0.2) is 13.2 Å². The predicted octanol–water partition coefficient (Wildman–Crippen LogP) is 3.87. The smallest absolute Gasteiger partial charge is 0.258 e. The number of aromatic amines is 1. The van der Waals surface area contributed by atoms with Gasteiger partial charge in [-0.05, 0) is 37.3 Å². The zero-order valence-corrected chi connectivity index (χ0v) is 16.5. The van der Waals surface area contributed by atoms with Crippen LogP contribution in [0.3, 0.4) is 0 Å². The Kier molecular flexibility index (Phi) is 6.91. The van der Waals surface area contributed by atoms with Crippen LogP contribution in [0.2, 0.25) is 5.02 Å². The van der Waals surface area contributed by atoms with E-state index in [9.17, 15) is 18.0 Å². The van der Waals surface area contributed by atoms with Gasteiger partial charge in [0.15, 0.2) is 17.5 Å². The van der Waals surface area contributed by atoms with Crippen LogP contribution in [0.4, 0.5) is 19.0 Å². The summed E-state index contributed by atoms with van der Waals surface area (Å²) in [7, 11) is 0. The van der Waals surface area contributed by atoms with Crippen molar-refractivity contribution in [3.05, 3.63) is 58.4 Å². The van der Waals surface area contributed by atoms with Gasteiger partial charge in [-0.3, -0.25) is 20.2 Å². The fraction of sp³-hybridized carbons (Fsp3) is 0.211. The van der Waals surface area contributed by atoms with E-state index >= 15 is 0 Å². The molecule has 0 aliphatic rings. The lowest BCUT2D eigenvalue weighted by atomic mass is 10.2. The van der Waals surface area contributed by atoms with Gasteiger partial charge < -0.3 is 10.1 Å². The molecule has 3 rings (SSSR count). The molecule has 3 aromatic rings. The summed E-state index contributed by atoms with van der Waals surface area (Å²) in [6, 6.07) is 5.29. The molecule has 0 bridgehead atoms. The first kappa shape index (κ1) is 21.6. The van der Waals surface area contributed by atoms with Crippen molar-refractivity contribution in [2.24, 2.45) is 4.99 Å². The molecule has 0 atom stereocenters. The van der Waals surface area contributed by atoms with Crippen molar-refractivity contribution in [1.82, 2.24) is 15.5 Å². The average molecular weight is 440 g/mol. The average Bonchev–Trinajstić information content (AvgIpc) is 3.09. The topological polar surface area (TPSA) is 91.4 Å². The number of anilines is 1. The highest BCUT2D eigenvalue weighted by atomic mass is 35.5. The second-order valence-corrected chi connectivity index (χ2v) is 6.43. The van der Waals surface area contributed by atoms with E-state index in [2.05, 4.69) is 25.8 Å². The number of ether oxygens (including phenoxy) is 1. The van der Waals surface area contributed by atoms with Crippen molar-refractivity contribution in [3.63, 3.8) is 0 Å². The number of benzene rings is 2. The minimum Gasteiger partial charge on any atom is -0.380 e. The molecule has 158 valence electrons. The number of H-pyrrole nitrogens is 1. The molecule has 7 nitrogen and oxygen atoms in total. The lowest BCUT2D eigenvalue weighted by Gasteiger charge is -2.11. The first-order valence-corrected chi connectivity index (χ1v) is 9.25. The van der Waals surface area contributed by atoms with E-state index < -0.39 is 23.4 Å². The summed E-state index contributed by atoms with van der Waals surface area (Å²) in [6.45, 7) is 2.79. The van der Waals surface area contributed by atoms with Gasteiger partial charge in [-0.15, -0.1) is 0 Å². The Hall–Kier alpha value is -3.11. The van der Waals surface area contributed by atoms with Crippen LogP contribution in [0.25, 0.3) is 10.9 Å². The number of amides is 1. The molecular formula is C19H17ClF3N5O2. The highest BCUT2D eigenvalue weighted by Crippen LogP contribution is 2.26. The van der Waals surface area contributed by atoms with Crippen molar-refractivity contribution >= 4 is 40.2 Å². The molecule has 0 unspecified atom stereocenters. The van der Waals surface area contributed by atoms with Crippen molar-refractivity contribution < 1.29 is 22.7 Å². The van der Waals surface area contributed by atoms with Gasteiger partial charge in [-0.2, -0.15) is 5.10 Å². The molecule has 0 aliphatic heterocycles. The second-order valence-electron chi connectivity index (χ2n) is 6.02. The minimum absolute atomic E-state index is 0.0341. The molecule has 30 heavy (non-hydrogen) atoms. The molecule has 0 radical (unpaired) electrons. The highest BCUT2D eigenvalue weighted by molar-refractivity contribution is 6.31. The number of nitrogens with one attached hydrogen (secondary N) is 3. The van der Waals surface area contributed by atoms with Crippen LogP contribution in [0.5, 0.6) is 0 Å². The number of halogens is 4. The summed E-state index contributed by atoms with van der Waals surface area (Å²) in [4.78, 5) is 16.6. The number of hydrogen-bond donors (Lipinski definition) is 3. The Morgan fingerprint density at radius 1 is 1.20 bits per heavy atom. The van der Waals surface area contributed by atoms with E-state index in [1.54, 1.807) is 0 Å². The van der Waals surface area contributed by atoms with E-state index in [4.69, 9.17) is 16.3 Å². The van der Waals surface area contributed by atoms with Crippen molar-refractivity contribution in [3.8, 4) is 0 Å². The Morgan fingerprint density at radius 3 is 2.73 bits per heavy atom. The molecule has 1 aromatic heterocycles. The molecule has 0 spiro atoms. The number of hydrogen-bond acceptors (Lipinski definition) is 4. The Labute approximate surface area is 174 Å². The first-order chi connectivity index (χ1) is 14.4. The van der Waals surface area contributed by atoms with Crippen LogP contribution in [-0.2, 0) is 4.74 Å². The summed E-state index contributed by atoms with van der Waals surface area (Å²) in [5, 5.41) is 12.3. The van der Waals surface area contributed by atoms with E-state index in [0.717, 1.165) is 18.2 Å². The van der Waals surface area contributed by atoms with Crippen molar-refractivity contribution in [2.75, 3.05) is 25.1 Å². The fourth-order valence-electron chi connectivity index (χ4n) is 2.51. The lowest BCUT2D eigenvalue weighted by Crippen LogP contribution is -2.36. The number of aromatic nitrogens is 2. The number of carbonyl (C=O) groups excluding carboxylic acids is 1. The van der Waals surface area contributed by atoms with Crippen LogP contribution in [0.15, 0.2) is 35.3 Å². The Bertz CT molecular complexity index is 1100. The number of carbonyl (C=O) groups is 1. The van der Waals surface area contributed by atoms with Crippen LogP contribution in [-0.4, -0.2) is 41.8 Å². The Morgan fingerprint density at radius 2 is 2.00 bits per heavy atom. The number of rotatable bonds is 6. The molecule has 2 aromatic carbocycles. The first-order valence-electron chi connectivity index (χ1n) is 8.87. The molecule has 0 aliphatic carbocycles. The maximum Gasteiger partial charge on any atom is 0.258 e. The maximum atomic E-state index is 13.8. The van der Waals surface area contributed by atoms with Gasteiger partial charge in [0, 0.05) is 17.6 Å².